The Balaban J connectivity index is 2.02. The number of carbonyl (C=O) groups is 1. The Hall–Kier alpha value is -2.68. The standard InChI is InChI=1S/C21H20IN5O/c1-3-12(2)24-21(28)17-18-20(26-16-7-5-4-6-15(16)25-18)27(19(17)23)14-10-8-13(22)9-11-14/h4-12H,3,23H2,1-2H3,(H,24,28)/t12-/m0/s1. The molecule has 28 heavy (non-hydrogen) atoms. The van der Waals surface area contributed by atoms with E-state index in [9.17, 15) is 4.79 Å². The summed E-state index contributed by atoms with van der Waals surface area (Å²) in [7, 11) is 0. The second kappa shape index (κ2) is 7.38. The number of benzene rings is 2. The number of nitrogen functional groups attached to an aromatic ring is 1. The summed E-state index contributed by atoms with van der Waals surface area (Å²) in [6.45, 7) is 3.99. The molecule has 0 bridgehead atoms. The van der Waals surface area contributed by atoms with Crippen molar-refractivity contribution in [2.24, 2.45) is 0 Å². The van der Waals surface area contributed by atoms with Crippen molar-refractivity contribution in [1.82, 2.24) is 19.9 Å². The lowest BCUT2D eigenvalue weighted by molar-refractivity contribution is 0.0941. The molecule has 7 heteroatoms. The van der Waals surface area contributed by atoms with Gasteiger partial charge in [-0.1, -0.05) is 19.1 Å². The van der Waals surface area contributed by atoms with E-state index >= 15 is 0 Å². The first-order valence-corrected chi connectivity index (χ1v) is 10.2. The van der Waals surface area contributed by atoms with Crippen LogP contribution in [0, 0.1) is 3.57 Å². The van der Waals surface area contributed by atoms with Gasteiger partial charge in [0.05, 0.1) is 11.0 Å². The molecule has 0 aliphatic heterocycles. The topological polar surface area (TPSA) is 85.8 Å². The van der Waals surface area contributed by atoms with Gasteiger partial charge in [-0.25, -0.2) is 9.97 Å². The maximum Gasteiger partial charge on any atom is 0.257 e. The minimum absolute atomic E-state index is 0.0389. The first kappa shape index (κ1) is 18.7. The second-order valence-electron chi connectivity index (χ2n) is 6.74. The van der Waals surface area contributed by atoms with Gasteiger partial charge in [-0.05, 0) is 72.3 Å². The fourth-order valence-electron chi connectivity index (χ4n) is 3.13. The molecule has 0 saturated heterocycles. The van der Waals surface area contributed by atoms with E-state index in [0.717, 1.165) is 26.7 Å². The molecule has 2 aromatic heterocycles. The highest BCUT2D eigenvalue weighted by atomic mass is 127. The molecule has 0 radical (unpaired) electrons. The molecule has 6 nitrogen and oxygen atoms in total. The quantitative estimate of drug-likeness (QED) is 0.423. The summed E-state index contributed by atoms with van der Waals surface area (Å²) in [6.07, 6.45) is 0.829. The summed E-state index contributed by atoms with van der Waals surface area (Å²) in [5.74, 6) is 0.109. The maximum absolute atomic E-state index is 13.0. The number of carbonyl (C=O) groups excluding carboxylic acids is 1. The van der Waals surface area contributed by atoms with Crippen molar-refractivity contribution in [3.63, 3.8) is 0 Å². The highest BCUT2D eigenvalue weighted by Gasteiger charge is 2.25. The summed E-state index contributed by atoms with van der Waals surface area (Å²) < 4.78 is 2.92. The first-order chi connectivity index (χ1) is 13.5. The number of hydrogen-bond donors (Lipinski definition) is 2. The Kier molecular flexibility index (Phi) is 4.92. The summed E-state index contributed by atoms with van der Waals surface area (Å²) in [4.78, 5) is 22.5. The maximum atomic E-state index is 13.0. The average Bonchev–Trinajstić information content (AvgIpc) is 2.97. The summed E-state index contributed by atoms with van der Waals surface area (Å²) in [5, 5.41) is 3.00. The predicted molar refractivity (Wildman–Crippen MR) is 121 cm³/mol. The minimum Gasteiger partial charge on any atom is -0.384 e. The molecule has 1 amide bonds. The van der Waals surface area contributed by atoms with Gasteiger partial charge in [0.15, 0.2) is 5.65 Å². The van der Waals surface area contributed by atoms with Gasteiger partial charge in [-0.3, -0.25) is 9.36 Å². The third-order valence-electron chi connectivity index (χ3n) is 4.80. The van der Waals surface area contributed by atoms with Crippen LogP contribution >= 0.6 is 22.6 Å². The lowest BCUT2D eigenvalue weighted by atomic mass is 10.2. The SMILES string of the molecule is CC[C@H](C)NC(=O)c1c(N)n(-c2ccc(I)cc2)c2nc3ccccc3nc12. The summed E-state index contributed by atoms with van der Waals surface area (Å²) >= 11 is 2.25. The molecule has 1 atom stereocenters. The number of nitrogens with one attached hydrogen (secondary N) is 1. The number of hydrogen-bond acceptors (Lipinski definition) is 4. The smallest absolute Gasteiger partial charge is 0.257 e. The lowest BCUT2D eigenvalue weighted by Crippen LogP contribution is -2.32. The zero-order chi connectivity index (χ0) is 19.8. The van der Waals surface area contributed by atoms with Gasteiger partial charge in [0.2, 0.25) is 0 Å². The van der Waals surface area contributed by atoms with Crippen molar-refractivity contribution in [3.05, 3.63) is 57.7 Å². The van der Waals surface area contributed by atoms with Crippen LogP contribution in [-0.2, 0) is 0 Å². The Morgan fingerprint density at radius 3 is 2.43 bits per heavy atom. The van der Waals surface area contributed by atoms with Crippen LogP contribution in [0.2, 0.25) is 0 Å². The van der Waals surface area contributed by atoms with Gasteiger partial charge in [0.1, 0.15) is 16.9 Å². The van der Waals surface area contributed by atoms with Crippen LogP contribution in [0.3, 0.4) is 0 Å². The molecule has 3 N–H and O–H groups in total. The van der Waals surface area contributed by atoms with Crippen molar-refractivity contribution in [2.75, 3.05) is 5.73 Å². The molecule has 0 fully saturated rings. The summed E-state index contributed by atoms with van der Waals surface area (Å²) in [6, 6.07) is 15.6. The number of amides is 1. The van der Waals surface area contributed by atoms with Gasteiger partial charge in [0, 0.05) is 15.3 Å². The highest BCUT2D eigenvalue weighted by Crippen LogP contribution is 2.31. The number of rotatable bonds is 4. The van der Waals surface area contributed by atoms with Gasteiger partial charge >= 0.3 is 0 Å². The number of para-hydroxylation sites is 2. The van der Waals surface area contributed by atoms with E-state index < -0.39 is 0 Å². The number of fused-ring (bicyclic) bond motifs is 2. The molecule has 0 unspecified atom stereocenters. The average molecular weight is 485 g/mol. The highest BCUT2D eigenvalue weighted by molar-refractivity contribution is 14.1. The first-order valence-electron chi connectivity index (χ1n) is 9.13. The Bertz CT molecular complexity index is 1180. The largest absolute Gasteiger partial charge is 0.384 e. The fourth-order valence-corrected chi connectivity index (χ4v) is 3.49. The van der Waals surface area contributed by atoms with E-state index in [1.807, 2.05) is 62.4 Å². The molecule has 4 rings (SSSR count). The van der Waals surface area contributed by atoms with E-state index in [1.165, 1.54) is 0 Å². The van der Waals surface area contributed by atoms with Crippen molar-refractivity contribution in [3.8, 4) is 5.69 Å². The molecule has 0 spiro atoms. The number of anilines is 1. The van der Waals surface area contributed by atoms with Crippen LogP contribution in [0.4, 0.5) is 5.82 Å². The van der Waals surface area contributed by atoms with Gasteiger partial charge in [-0.2, -0.15) is 0 Å². The van der Waals surface area contributed by atoms with Crippen LogP contribution in [0.5, 0.6) is 0 Å². The minimum atomic E-state index is -0.231. The monoisotopic (exact) mass is 485 g/mol. The number of aromatic nitrogens is 3. The van der Waals surface area contributed by atoms with Crippen molar-refractivity contribution in [1.29, 1.82) is 0 Å². The zero-order valence-electron chi connectivity index (χ0n) is 15.6. The normalized spacial score (nSPS) is 12.4. The van der Waals surface area contributed by atoms with Crippen molar-refractivity contribution < 1.29 is 4.79 Å². The van der Waals surface area contributed by atoms with Crippen LogP contribution in [0.15, 0.2) is 48.5 Å². The third-order valence-corrected chi connectivity index (χ3v) is 5.52. The second-order valence-corrected chi connectivity index (χ2v) is 7.98. The van der Waals surface area contributed by atoms with E-state index in [4.69, 9.17) is 15.7 Å². The molecule has 142 valence electrons. The van der Waals surface area contributed by atoms with Crippen LogP contribution in [0.1, 0.15) is 30.6 Å². The van der Waals surface area contributed by atoms with Crippen molar-refractivity contribution >= 4 is 56.5 Å². The zero-order valence-corrected chi connectivity index (χ0v) is 17.8. The molecule has 0 saturated carbocycles. The molecule has 2 heterocycles. The van der Waals surface area contributed by atoms with Gasteiger partial charge in [0.25, 0.3) is 5.91 Å². The molecule has 0 aliphatic carbocycles. The lowest BCUT2D eigenvalue weighted by Gasteiger charge is -2.11. The van der Waals surface area contributed by atoms with E-state index in [-0.39, 0.29) is 11.9 Å². The Labute approximate surface area is 176 Å². The van der Waals surface area contributed by atoms with Crippen LogP contribution in [-0.4, -0.2) is 26.5 Å². The molecule has 0 aliphatic rings. The molecule has 2 aromatic carbocycles. The number of nitrogens with two attached hydrogens (primary N) is 1. The summed E-state index contributed by atoms with van der Waals surface area (Å²) in [5.41, 5.74) is 10.3. The fraction of sp³-hybridized carbons (Fsp3) is 0.190. The molecular formula is C21H20IN5O. The Morgan fingerprint density at radius 1 is 1.14 bits per heavy atom. The van der Waals surface area contributed by atoms with Gasteiger partial charge < -0.3 is 11.1 Å². The number of halogens is 1. The van der Waals surface area contributed by atoms with Crippen LogP contribution in [0.25, 0.3) is 27.9 Å². The van der Waals surface area contributed by atoms with Gasteiger partial charge in [-0.15, -0.1) is 0 Å². The number of nitrogens with zero attached hydrogens (tertiary/aromatic N) is 3. The molecular weight excluding hydrogens is 465 g/mol. The molecule has 4 aromatic rings. The third kappa shape index (κ3) is 3.19. The van der Waals surface area contributed by atoms with E-state index in [0.29, 0.717) is 22.5 Å². The van der Waals surface area contributed by atoms with E-state index in [1.54, 1.807) is 4.57 Å². The van der Waals surface area contributed by atoms with Crippen molar-refractivity contribution in [2.45, 2.75) is 26.3 Å². The van der Waals surface area contributed by atoms with Crippen LogP contribution < -0.4 is 11.1 Å². The Morgan fingerprint density at radius 2 is 1.79 bits per heavy atom. The van der Waals surface area contributed by atoms with E-state index in [2.05, 4.69) is 27.9 Å². The predicted octanol–water partition coefficient (Wildman–Crippen LogP) is 4.29.